The summed E-state index contributed by atoms with van der Waals surface area (Å²) in [5.74, 6) is -1.66. The lowest BCUT2D eigenvalue weighted by Crippen LogP contribution is -2.12. The van der Waals surface area contributed by atoms with E-state index in [1.165, 1.54) is 0 Å². The van der Waals surface area contributed by atoms with Crippen molar-refractivity contribution in [2.75, 3.05) is 12.3 Å². The van der Waals surface area contributed by atoms with Gasteiger partial charge in [-0.1, -0.05) is 12.1 Å². The highest BCUT2D eigenvalue weighted by atomic mass is 19.4. The number of aliphatic hydroxyl groups is 1. The Labute approximate surface area is 118 Å². The number of ether oxygens (including phenoxy) is 1. The van der Waals surface area contributed by atoms with Gasteiger partial charge in [0.05, 0.1) is 0 Å². The van der Waals surface area contributed by atoms with Gasteiger partial charge >= 0.3 is 6.18 Å². The third-order valence-electron chi connectivity index (χ3n) is 2.52. The van der Waals surface area contributed by atoms with Gasteiger partial charge in [0.1, 0.15) is 11.6 Å². The largest absolute Gasteiger partial charge is 0.451 e. The number of aliphatic hydroxyl groups excluding tert-OH is 1. The molecule has 3 N–H and O–H groups in total. The zero-order valence-electron chi connectivity index (χ0n) is 10.8. The van der Waals surface area contributed by atoms with Crippen LogP contribution in [0.2, 0.25) is 0 Å². The Balaban J connectivity index is 2.21. The first-order valence-corrected chi connectivity index (χ1v) is 5.98. The summed E-state index contributed by atoms with van der Waals surface area (Å²) in [6.07, 6.45) is -4.21. The number of alkyl halides is 3. The molecule has 0 aliphatic heterocycles. The molecule has 1 aromatic heterocycles. The maximum Gasteiger partial charge on any atom is 0.451 e. The first-order valence-electron chi connectivity index (χ1n) is 5.98. The van der Waals surface area contributed by atoms with Crippen molar-refractivity contribution in [3.05, 3.63) is 41.7 Å². The van der Waals surface area contributed by atoms with Gasteiger partial charge in [-0.3, -0.25) is 0 Å². The predicted octanol–water partition coefficient (Wildman–Crippen LogP) is 2.40. The second-order valence-corrected chi connectivity index (χ2v) is 4.17. The van der Waals surface area contributed by atoms with Crippen LogP contribution in [0.3, 0.4) is 0 Å². The average Bonchev–Trinajstić information content (AvgIpc) is 2.40. The van der Waals surface area contributed by atoms with Crippen molar-refractivity contribution in [2.24, 2.45) is 0 Å². The molecule has 2 rings (SSSR count). The Morgan fingerprint density at radius 2 is 1.81 bits per heavy atom. The van der Waals surface area contributed by atoms with Gasteiger partial charge in [0.25, 0.3) is 0 Å². The van der Waals surface area contributed by atoms with E-state index in [4.69, 9.17) is 15.6 Å². The van der Waals surface area contributed by atoms with E-state index in [9.17, 15) is 13.2 Å². The summed E-state index contributed by atoms with van der Waals surface area (Å²) in [7, 11) is 0. The van der Waals surface area contributed by atoms with Gasteiger partial charge in [0.15, 0.2) is 0 Å². The standard InChI is InChI=1S/C13H12F3N3O2/c14-13(15,16)12-18-10(17)7-11(19-12)21-9-3-1-8(2-4-9)5-6-20/h1-4,7,20H,5-6H2,(H2,17,18,19). The van der Waals surface area contributed by atoms with E-state index in [0.717, 1.165) is 11.6 Å². The minimum Gasteiger partial charge on any atom is -0.439 e. The third-order valence-corrected chi connectivity index (χ3v) is 2.52. The normalized spacial score (nSPS) is 11.4. The van der Waals surface area contributed by atoms with Crippen LogP contribution in [0.5, 0.6) is 11.6 Å². The van der Waals surface area contributed by atoms with Crippen LogP contribution >= 0.6 is 0 Å². The number of aromatic nitrogens is 2. The van der Waals surface area contributed by atoms with Gasteiger partial charge in [-0.05, 0) is 24.1 Å². The van der Waals surface area contributed by atoms with Crippen molar-refractivity contribution >= 4 is 5.82 Å². The molecule has 0 saturated heterocycles. The van der Waals surface area contributed by atoms with Crippen molar-refractivity contribution < 1.29 is 23.0 Å². The van der Waals surface area contributed by atoms with Crippen molar-refractivity contribution in [3.63, 3.8) is 0 Å². The van der Waals surface area contributed by atoms with E-state index >= 15 is 0 Å². The molecule has 112 valence electrons. The predicted molar refractivity (Wildman–Crippen MR) is 68.8 cm³/mol. The van der Waals surface area contributed by atoms with Crippen LogP contribution in [-0.4, -0.2) is 21.7 Å². The Morgan fingerprint density at radius 3 is 2.38 bits per heavy atom. The molecular formula is C13H12F3N3O2. The van der Waals surface area contributed by atoms with Gasteiger partial charge in [-0.2, -0.15) is 18.2 Å². The fraction of sp³-hybridized carbons (Fsp3) is 0.231. The van der Waals surface area contributed by atoms with Crippen LogP contribution in [0, 0.1) is 0 Å². The molecule has 0 fully saturated rings. The van der Waals surface area contributed by atoms with Gasteiger partial charge in [0, 0.05) is 12.7 Å². The molecule has 1 aromatic carbocycles. The Kier molecular flexibility index (Phi) is 4.27. The van der Waals surface area contributed by atoms with Crippen LogP contribution in [0.25, 0.3) is 0 Å². The molecule has 0 saturated carbocycles. The summed E-state index contributed by atoms with van der Waals surface area (Å²) in [4.78, 5) is 6.40. The lowest BCUT2D eigenvalue weighted by Gasteiger charge is -2.09. The lowest BCUT2D eigenvalue weighted by atomic mass is 10.1. The summed E-state index contributed by atoms with van der Waals surface area (Å²) in [6, 6.07) is 7.63. The number of nitrogens with zero attached hydrogens (tertiary/aromatic N) is 2. The van der Waals surface area contributed by atoms with Crippen LogP contribution in [0.15, 0.2) is 30.3 Å². The number of hydrogen-bond acceptors (Lipinski definition) is 5. The lowest BCUT2D eigenvalue weighted by molar-refractivity contribution is -0.145. The van der Waals surface area contributed by atoms with Crippen molar-refractivity contribution in [2.45, 2.75) is 12.6 Å². The summed E-state index contributed by atoms with van der Waals surface area (Å²) >= 11 is 0. The van der Waals surface area contributed by atoms with Crippen LogP contribution < -0.4 is 10.5 Å². The maximum atomic E-state index is 12.6. The highest BCUT2D eigenvalue weighted by Crippen LogP contribution is 2.29. The highest BCUT2D eigenvalue weighted by molar-refractivity contribution is 5.37. The third kappa shape index (κ3) is 4.06. The fourth-order valence-corrected chi connectivity index (χ4v) is 1.60. The van der Waals surface area contributed by atoms with E-state index in [1.807, 2.05) is 0 Å². The summed E-state index contributed by atoms with van der Waals surface area (Å²) in [5.41, 5.74) is 6.19. The van der Waals surface area contributed by atoms with Crippen LogP contribution in [-0.2, 0) is 12.6 Å². The SMILES string of the molecule is Nc1cc(Oc2ccc(CCO)cc2)nc(C(F)(F)F)n1. The summed E-state index contributed by atoms with van der Waals surface area (Å²) < 4.78 is 42.9. The number of nitrogen functional groups attached to an aromatic ring is 1. The zero-order valence-corrected chi connectivity index (χ0v) is 10.8. The molecule has 1 heterocycles. The molecule has 0 amide bonds. The van der Waals surface area contributed by atoms with Gasteiger partial charge in [-0.25, -0.2) is 4.98 Å². The molecule has 0 radical (unpaired) electrons. The number of halogens is 3. The fourth-order valence-electron chi connectivity index (χ4n) is 1.60. The van der Waals surface area contributed by atoms with E-state index in [0.29, 0.717) is 12.2 Å². The molecular weight excluding hydrogens is 287 g/mol. The van der Waals surface area contributed by atoms with Crippen molar-refractivity contribution in [1.82, 2.24) is 9.97 Å². The average molecular weight is 299 g/mol. The number of hydrogen-bond donors (Lipinski definition) is 2. The monoisotopic (exact) mass is 299 g/mol. The molecule has 0 bridgehead atoms. The summed E-state index contributed by atoms with van der Waals surface area (Å²) in [5, 5.41) is 8.79. The first kappa shape index (κ1) is 15.0. The van der Waals surface area contributed by atoms with E-state index in [-0.39, 0.29) is 18.3 Å². The van der Waals surface area contributed by atoms with Gasteiger partial charge < -0.3 is 15.6 Å². The zero-order chi connectivity index (χ0) is 15.5. The Bertz CT molecular complexity index is 615. The summed E-state index contributed by atoms with van der Waals surface area (Å²) in [6.45, 7) is 0.0115. The van der Waals surface area contributed by atoms with E-state index < -0.39 is 12.0 Å². The molecule has 0 spiro atoms. The minimum atomic E-state index is -4.70. The second-order valence-electron chi connectivity index (χ2n) is 4.17. The van der Waals surface area contributed by atoms with E-state index in [2.05, 4.69) is 9.97 Å². The molecule has 0 aliphatic rings. The molecule has 0 aliphatic carbocycles. The van der Waals surface area contributed by atoms with Gasteiger partial charge in [0.2, 0.25) is 11.7 Å². The number of rotatable bonds is 4. The maximum absolute atomic E-state index is 12.6. The highest BCUT2D eigenvalue weighted by Gasteiger charge is 2.35. The molecule has 5 nitrogen and oxygen atoms in total. The molecule has 2 aromatic rings. The quantitative estimate of drug-likeness (QED) is 0.906. The number of benzene rings is 1. The smallest absolute Gasteiger partial charge is 0.439 e. The molecule has 0 unspecified atom stereocenters. The molecule has 0 atom stereocenters. The molecule has 21 heavy (non-hydrogen) atoms. The number of nitrogens with two attached hydrogens (primary N) is 1. The molecule has 8 heteroatoms. The van der Waals surface area contributed by atoms with E-state index in [1.54, 1.807) is 24.3 Å². The topological polar surface area (TPSA) is 81.3 Å². The van der Waals surface area contributed by atoms with Crippen molar-refractivity contribution in [3.8, 4) is 11.6 Å². The van der Waals surface area contributed by atoms with Crippen LogP contribution in [0.1, 0.15) is 11.4 Å². The van der Waals surface area contributed by atoms with Crippen molar-refractivity contribution in [1.29, 1.82) is 0 Å². The second kappa shape index (κ2) is 5.96. The Morgan fingerprint density at radius 1 is 1.14 bits per heavy atom. The minimum absolute atomic E-state index is 0.0115. The first-order chi connectivity index (χ1) is 9.88. The van der Waals surface area contributed by atoms with Crippen LogP contribution in [0.4, 0.5) is 19.0 Å². The number of anilines is 1. The van der Waals surface area contributed by atoms with Gasteiger partial charge in [-0.15, -0.1) is 0 Å². The Hall–Kier alpha value is -2.35.